The molecule has 2 amide bonds. The molecule has 0 radical (unpaired) electrons. The van der Waals surface area contributed by atoms with E-state index in [0.717, 1.165) is 5.56 Å². The van der Waals surface area contributed by atoms with Crippen molar-refractivity contribution in [2.45, 2.75) is 6.54 Å². The molecule has 5 heteroatoms. The number of benzene rings is 2. The zero-order chi connectivity index (χ0) is 15.2. The van der Waals surface area contributed by atoms with Crippen LogP contribution in [0, 0.1) is 0 Å². The third kappa shape index (κ3) is 3.89. The lowest BCUT2D eigenvalue weighted by molar-refractivity contribution is 0.220. The van der Waals surface area contributed by atoms with Gasteiger partial charge in [-0.1, -0.05) is 41.9 Å². The van der Waals surface area contributed by atoms with Crippen LogP contribution in [0.4, 0.5) is 10.5 Å². The number of carbonyl (C=O) groups excluding carboxylic acids is 1. The number of anilines is 1. The average molecular weight is 305 g/mol. The molecule has 0 aliphatic heterocycles. The monoisotopic (exact) mass is 304 g/mol. The lowest BCUT2D eigenvalue weighted by atomic mass is 10.2. The van der Waals surface area contributed by atoms with Crippen molar-refractivity contribution in [2.24, 2.45) is 0 Å². The molecule has 0 unspecified atom stereocenters. The summed E-state index contributed by atoms with van der Waals surface area (Å²) >= 11 is 6.10. The van der Waals surface area contributed by atoms with E-state index < -0.39 is 0 Å². The van der Waals surface area contributed by atoms with Crippen molar-refractivity contribution in [3.63, 3.8) is 0 Å². The van der Waals surface area contributed by atoms with Crippen molar-refractivity contribution < 1.29 is 9.53 Å². The van der Waals surface area contributed by atoms with Gasteiger partial charge in [-0.3, -0.25) is 0 Å². The largest absolute Gasteiger partial charge is 0.495 e. The molecule has 0 spiro atoms. The number of amides is 2. The number of rotatable bonds is 4. The summed E-state index contributed by atoms with van der Waals surface area (Å²) in [7, 11) is 3.28. The fourth-order valence-corrected chi connectivity index (χ4v) is 2.11. The third-order valence-corrected chi connectivity index (χ3v) is 3.43. The summed E-state index contributed by atoms with van der Waals surface area (Å²) in [6.45, 7) is 0.431. The maximum Gasteiger partial charge on any atom is 0.321 e. The molecular weight excluding hydrogens is 288 g/mol. The first kappa shape index (κ1) is 15.2. The van der Waals surface area contributed by atoms with Gasteiger partial charge < -0.3 is 15.0 Å². The normalized spacial score (nSPS) is 10.0. The van der Waals surface area contributed by atoms with Crippen LogP contribution in [0.1, 0.15) is 5.56 Å². The molecule has 0 heterocycles. The Bertz CT molecular complexity index is 631. The molecule has 2 aromatic carbocycles. The second-order valence-corrected chi connectivity index (χ2v) is 4.99. The van der Waals surface area contributed by atoms with E-state index >= 15 is 0 Å². The summed E-state index contributed by atoms with van der Waals surface area (Å²) in [5.74, 6) is 0.622. The van der Waals surface area contributed by atoms with Gasteiger partial charge in [-0.15, -0.1) is 0 Å². The second-order valence-electron chi connectivity index (χ2n) is 4.58. The van der Waals surface area contributed by atoms with Gasteiger partial charge in [-0.2, -0.15) is 0 Å². The van der Waals surface area contributed by atoms with Crippen molar-refractivity contribution >= 4 is 23.3 Å². The summed E-state index contributed by atoms with van der Waals surface area (Å²) in [6, 6.07) is 14.5. The van der Waals surface area contributed by atoms with Crippen LogP contribution in [0.25, 0.3) is 0 Å². The zero-order valence-electron chi connectivity index (χ0n) is 12.0. The summed E-state index contributed by atoms with van der Waals surface area (Å²) in [5, 5.41) is 3.47. The van der Waals surface area contributed by atoms with Gasteiger partial charge in [-0.25, -0.2) is 4.79 Å². The topological polar surface area (TPSA) is 41.6 Å². The molecule has 0 saturated heterocycles. The summed E-state index contributed by atoms with van der Waals surface area (Å²) in [5.41, 5.74) is 1.54. The van der Waals surface area contributed by atoms with Crippen LogP contribution in [-0.4, -0.2) is 25.1 Å². The predicted octanol–water partition coefficient (Wildman–Crippen LogP) is 4.01. The molecular formula is C16H17ClN2O2. The summed E-state index contributed by atoms with van der Waals surface area (Å²) in [4.78, 5) is 13.8. The van der Waals surface area contributed by atoms with Gasteiger partial charge in [0, 0.05) is 18.6 Å². The van der Waals surface area contributed by atoms with Crippen molar-refractivity contribution in [1.82, 2.24) is 4.90 Å². The first-order valence-corrected chi connectivity index (χ1v) is 6.88. The Labute approximate surface area is 129 Å². The molecule has 4 nitrogen and oxygen atoms in total. The summed E-state index contributed by atoms with van der Waals surface area (Å²) < 4.78 is 5.21. The van der Waals surface area contributed by atoms with E-state index in [-0.39, 0.29) is 6.03 Å². The maximum atomic E-state index is 12.2. The zero-order valence-corrected chi connectivity index (χ0v) is 12.7. The van der Waals surface area contributed by atoms with Crippen molar-refractivity contribution in [3.8, 4) is 5.75 Å². The molecule has 2 aromatic rings. The van der Waals surface area contributed by atoms with Gasteiger partial charge in [0.25, 0.3) is 0 Å². The quantitative estimate of drug-likeness (QED) is 0.927. The Balaban J connectivity index is 2.05. The average Bonchev–Trinajstić information content (AvgIpc) is 2.50. The number of urea groups is 1. The second kappa shape index (κ2) is 6.99. The van der Waals surface area contributed by atoms with E-state index in [1.54, 1.807) is 31.2 Å². The molecule has 2 rings (SSSR count). The lowest BCUT2D eigenvalue weighted by Gasteiger charge is -2.19. The van der Waals surface area contributed by atoms with Crippen LogP contribution in [0.5, 0.6) is 5.75 Å². The van der Waals surface area contributed by atoms with Crippen molar-refractivity contribution in [1.29, 1.82) is 0 Å². The highest BCUT2D eigenvalue weighted by molar-refractivity contribution is 6.31. The van der Waals surface area contributed by atoms with Gasteiger partial charge in [0.15, 0.2) is 0 Å². The van der Waals surface area contributed by atoms with Crippen LogP contribution >= 0.6 is 11.6 Å². The molecule has 0 bridgehead atoms. The molecule has 110 valence electrons. The Morgan fingerprint density at radius 2 is 1.86 bits per heavy atom. The molecule has 0 aliphatic rings. The van der Waals surface area contributed by atoms with Gasteiger partial charge >= 0.3 is 6.03 Å². The maximum absolute atomic E-state index is 12.2. The molecule has 0 aromatic heterocycles. The Hall–Kier alpha value is -2.20. The van der Waals surface area contributed by atoms with E-state index in [9.17, 15) is 4.79 Å². The minimum atomic E-state index is -0.223. The first-order valence-electron chi connectivity index (χ1n) is 6.50. The Morgan fingerprint density at radius 3 is 2.57 bits per heavy atom. The number of carbonyl (C=O) groups is 1. The molecule has 0 aliphatic carbocycles. The van der Waals surface area contributed by atoms with Gasteiger partial charge in [0.2, 0.25) is 0 Å². The molecule has 0 saturated carbocycles. The lowest BCUT2D eigenvalue weighted by Crippen LogP contribution is -2.31. The smallest absolute Gasteiger partial charge is 0.321 e. The first-order chi connectivity index (χ1) is 10.1. The number of nitrogens with zero attached hydrogens (tertiary/aromatic N) is 1. The fraction of sp³-hybridized carbons (Fsp3) is 0.188. The minimum absolute atomic E-state index is 0.223. The number of nitrogens with one attached hydrogen (secondary N) is 1. The Kier molecular flexibility index (Phi) is 5.06. The highest BCUT2D eigenvalue weighted by Crippen LogP contribution is 2.23. The molecule has 21 heavy (non-hydrogen) atoms. The molecule has 0 atom stereocenters. The van der Waals surface area contributed by atoms with Crippen molar-refractivity contribution in [2.75, 3.05) is 19.5 Å². The van der Waals surface area contributed by atoms with Crippen LogP contribution in [-0.2, 0) is 6.54 Å². The number of hydrogen-bond acceptors (Lipinski definition) is 2. The fourth-order valence-electron chi connectivity index (χ4n) is 1.91. The minimum Gasteiger partial charge on any atom is -0.495 e. The number of para-hydroxylation sites is 2. The van der Waals surface area contributed by atoms with E-state index in [1.807, 2.05) is 36.4 Å². The Morgan fingerprint density at radius 1 is 1.19 bits per heavy atom. The standard InChI is InChI=1S/C16H17ClN2O2/c1-19(11-12-7-3-4-8-13(12)17)16(20)18-14-9-5-6-10-15(14)21-2/h3-10H,11H2,1-2H3,(H,18,20). The van der Waals surface area contributed by atoms with Crippen LogP contribution in [0.15, 0.2) is 48.5 Å². The SMILES string of the molecule is COc1ccccc1NC(=O)N(C)Cc1ccccc1Cl. The number of hydrogen-bond donors (Lipinski definition) is 1. The van der Waals surface area contributed by atoms with Crippen LogP contribution in [0.2, 0.25) is 5.02 Å². The van der Waals surface area contributed by atoms with Crippen LogP contribution in [0.3, 0.4) is 0 Å². The van der Waals surface area contributed by atoms with E-state index in [1.165, 1.54) is 0 Å². The van der Waals surface area contributed by atoms with Gasteiger partial charge in [0.05, 0.1) is 12.8 Å². The predicted molar refractivity (Wildman–Crippen MR) is 84.9 cm³/mol. The van der Waals surface area contributed by atoms with E-state index in [4.69, 9.17) is 16.3 Å². The van der Waals surface area contributed by atoms with Crippen LogP contribution < -0.4 is 10.1 Å². The van der Waals surface area contributed by atoms with Gasteiger partial charge in [-0.05, 0) is 23.8 Å². The number of halogens is 1. The van der Waals surface area contributed by atoms with E-state index in [0.29, 0.717) is 23.0 Å². The highest BCUT2D eigenvalue weighted by atomic mass is 35.5. The number of ether oxygens (including phenoxy) is 1. The van der Waals surface area contributed by atoms with Gasteiger partial charge in [0.1, 0.15) is 5.75 Å². The number of methoxy groups -OCH3 is 1. The highest BCUT2D eigenvalue weighted by Gasteiger charge is 2.12. The third-order valence-electron chi connectivity index (χ3n) is 3.06. The van der Waals surface area contributed by atoms with E-state index in [2.05, 4.69) is 5.32 Å². The summed E-state index contributed by atoms with van der Waals surface area (Å²) in [6.07, 6.45) is 0. The molecule has 1 N–H and O–H groups in total. The molecule has 0 fully saturated rings. The van der Waals surface area contributed by atoms with Crippen molar-refractivity contribution in [3.05, 3.63) is 59.1 Å².